The van der Waals surface area contributed by atoms with Crippen LogP contribution in [0.2, 0.25) is 0 Å². The highest BCUT2D eigenvalue weighted by molar-refractivity contribution is 5.89. The first-order chi connectivity index (χ1) is 9.72. The molecule has 0 radical (unpaired) electrons. The van der Waals surface area contributed by atoms with E-state index < -0.39 is 0 Å². The number of hydrogen-bond acceptors (Lipinski definition) is 4. The molecule has 0 N–H and O–H groups in total. The van der Waals surface area contributed by atoms with E-state index in [-0.39, 0.29) is 5.97 Å². The van der Waals surface area contributed by atoms with Crippen molar-refractivity contribution in [3.63, 3.8) is 0 Å². The van der Waals surface area contributed by atoms with Gasteiger partial charge in [0.15, 0.2) is 0 Å². The predicted molar refractivity (Wildman–Crippen MR) is 75.1 cm³/mol. The normalized spacial score (nSPS) is 9.90. The van der Waals surface area contributed by atoms with Crippen molar-refractivity contribution >= 4 is 5.97 Å². The maximum atomic E-state index is 11.3. The van der Waals surface area contributed by atoms with Crippen LogP contribution < -0.4 is 9.47 Å². The SMILES string of the molecule is COC(=O)c1ccc(COc2ccc(OC)cc2)cc1. The molecule has 0 aliphatic carbocycles. The van der Waals surface area contributed by atoms with Crippen molar-refractivity contribution in [2.75, 3.05) is 14.2 Å². The molecular formula is C16H16O4. The predicted octanol–water partition coefficient (Wildman–Crippen LogP) is 3.06. The van der Waals surface area contributed by atoms with E-state index in [1.807, 2.05) is 36.4 Å². The van der Waals surface area contributed by atoms with E-state index in [1.165, 1.54) is 7.11 Å². The summed E-state index contributed by atoms with van der Waals surface area (Å²) in [6, 6.07) is 14.5. The highest BCUT2D eigenvalue weighted by Gasteiger charge is 2.04. The van der Waals surface area contributed by atoms with Crippen LogP contribution in [0.1, 0.15) is 15.9 Å². The van der Waals surface area contributed by atoms with E-state index >= 15 is 0 Å². The van der Waals surface area contributed by atoms with E-state index in [1.54, 1.807) is 19.2 Å². The van der Waals surface area contributed by atoms with Gasteiger partial charge in [-0.15, -0.1) is 0 Å². The molecule has 2 rings (SSSR count). The van der Waals surface area contributed by atoms with Crippen LogP contribution in [-0.2, 0) is 11.3 Å². The van der Waals surface area contributed by atoms with Crippen LogP contribution in [0.4, 0.5) is 0 Å². The van der Waals surface area contributed by atoms with Gasteiger partial charge in [0.2, 0.25) is 0 Å². The van der Waals surface area contributed by atoms with Crippen molar-refractivity contribution in [2.24, 2.45) is 0 Å². The fourth-order valence-electron chi connectivity index (χ4n) is 1.69. The highest BCUT2D eigenvalue weighted by atomic mass is 16.5. The maximum absolute atomic E-state index is 11.3. The molecule has 0 heterocycles. The minimum atomic E-state index is -0.340. The summed E-state index contributed by atoms with van der Waals surface area (Å²) in [6.45, 7) is 0.438. The van der Waals surface area contributed by atoms with Crippen molar-refractivity contribution in [1.82, 2.24) is 0 Å². The Morgan fingerprint density at radius 1 is 0.900 bits per heavy atom. The average Bonchev–Trinajstić information content (AvgIpc) is 2.53. The molecule has 0 unspecified atom stereocenters. The van der Waals surface area contributed by atoms with E-state index in [0.29, 0.717) is 12.2 Å². The van der Waals surface area contributed by atoms with Crippen LogP contribution in [-0.4, -0.2) is 20.2 Å². The molecule has 0 spiro atoms. The summed E-state index contributed by atoms with van der Waals surface area (Å²) in [5.74, 6) is 1.22. The Balaban J connectivity index is 1.94. The molecule has 4 heteroatoms. The average molecular weight is 272 g/mol. The van der Waals surface area contributed by atoms with Crippen molar-refractivity contribution in [3.8, 4) is 11.5 Å². The van der Waals surface area contributed by atoms with Crippen molar-refractivity contribution in [1.29, 1.82) is 0 Å². The molecule has 0 atom stereocenters. The van der Waals surface area contributed by atoms with Gasteiger partial charge in [-0.2, -0.15) is 0 Å². The smallest absolute Gasteiger partial charge is 0.337 e. The number of carbonyl (C=O) groups excluding carboxylic acids is 1. The Bertz CT molecular complexity index is 558. The van der Waals surface area contributed by atoms with Gasteiger partial charge in [-0.25, -0.2) is 4.79 Å². The standard InChI is InChI=1S/C16H16O4/c1-18-14-7-9-15(10-8-14)20-11-12-3-5-13(6-4-12)16(17)19-2/h3-10H,11H2,1-2H3. The second-order valence-corrected chi connectivity index (χ2v) is 4.15. The Hall–Kier alpha value is -2.49. The summed E-state index contributed by atoms with van der Waals surface area (Å²) in [6.07, 6.45) is 0. The molecule has 2 aromatic rings. The molecule has 4 nitrogen and oxygen atoms in total. The molecule has 0 aromatic heterocycles. The van der Waals surface area contributed by atoms with Gasteiger partial charge in [-0.05, 0) is 42.0 Å². The number of carbonyl (C=O) groups is 1. The van der Waals surface area contributed by atoms with Crippen LogP contribution in [0.5, 0.6) is 11.5 Å². The maximum Gasteiger partial charge on any atom is 0.337 e. The van der Waals surface area contributed by atoms with Gasteiger partial charge in [0.1, 0.15) is 18.1 Å². The highest BCUT2D eigenvalue weighted by Crippen LogP contribution is 2.18. The third-order valence-electron chi connectivity index (χ3n) is 2.84. The van der Waals surface area contributed by atoms with Gasteiger partial charge in [-0.3, -0.25) is 0 Å². The zero-order chi connectivity index (χ0) is 14.4. The molecule has 0 fully saturated rings. The summed E-state index contributed by atoms with van der Waals surface area (Å²) < 4.78 is 15.4. The summed E-state index contributed by atoms with van der Waals surface area (Å²) in [5.41, 5.74) is 1.51. The quantitative estimate of drug-likeness (QED) is 0.785. The summed E-state index contributed by atoms with van der Waals surface area (Å²) >= 11 is 0. The lowest BCUT2D eigenvalue weighted by Crippen LogP contribution is -2.01. The lowest BCUT2D eigenvalue weighted by molar-refractivity contribution is 0.0600. The zero-order valence-corrected chi connectivity index (χ0v) is 11.5. The van der Waals surface area contributed by atoms with Crippen LogP contribution in [0.25, 0.3) is 0 Å². The lowest BCUT2D eigenvalue weighted by atomic mass is 10.1. The second-order valence-electron chi connectivity index (χ2n) is 4.15. The molecule has 0 aliphatic rings. The van der Waals surface area contributed by atoms with Gasteiger partial charge in [0, 0.05) is 0 Å². The fourth-order valence-corrected chi connectivity index (χ4v) is 1.69. The first kappa shape index (κ1) is 13.9. The first-order valence-corrected chi connectivity index (χ1v) is 6.17. The Morgan fingerprint density at radius 2 is 1.50 bits per heavy atom. The second kappa shape index (κ2) is 6.61. The minimum absolute atomic E-state index is 0.340. The summed E-state index contributed by atoms with van der Waals surface area (Å²) in [5, 5.41) is 0. The lowest BCUT2D eigenvalue weighted by Gasteiger charge is -2.07. The Kier molecular flexibility index (Phi) is 4.60. The number of hydrogen-bond donors (Lipinski definition) is 0. The third kappa shape index (κ3) is 3.51. The molecule has 0 aliphatic heterocycles. The number of methoxy groups -OCH3 is 2. The van der Waals surface area contributed by atoms with Crippen molar-refractivity contribution < 1.29 is 19.0 Å². The number of ether oxygens (including phenoxy) is 3. The number of esters is 1. The number of rotatable bonds is 5. The molecule has 2 aromatic carbocycles. The van der Waals surface area contributed by atoms with E-state index in [2.05, 4.69) is 4.74 Å². The van der Waals surface area contributed by atoms with Crippen LogP contribution in [0, 0.1) is 0 Å². The van der Waals surface area contributed by atoms with Gasteiger partial charge in [0.25, 0.3) is 0 Å². The van der Waals surface area contributed by atoms with E-state index in [4.69, 9.17) is 9.47 Å². The van der Waals surface area contributed by atoms with Crippen LogP contribution in [0.15, 0.2) is 48.5 Å². The van der Waals surface area contributed by atoms with Crippen LogP contribution in [0.3, 0.4) is 0 Å². The third-order valence-corrected chi connectivity index (χ3v) is 2.84. The van der Waals surface area contributed by atoms with Gasteiger partial charge < -0.3 is 14.2 Å². The van der Waals surface area contributed by atoms with Crippen LogP contribution >= 0.6 is 0 Å². The van der Waals surface area contributed by atoms with E-state index in [9.17, 15) is 4.79 Å². The van der Waals surface area contributed by atoms with Gasteiger partial charge in [0.05, 0.1) is 19.8 Å². The molecule has 104 valence electrons. The van der Waals surface area contributed by atoms with E-state index in [0.717, 1.165) is 17.1 Å². The molecule has 0 amide bonds. The molecule has 0 bridgehead atoms. The minimum Gasteiger partial charge on any atom is -0.497 e. The van der Waals surface area contributed by atoms with Crippen molar-refractivity contribution in [3.05, 3.63) is 59.7 Å². The molecule has 20 heavy (non-hydrogen) atoms. The zero-order valence-electron chi connectivity index (χ0n) is 11.5. The van der Waals surface area contributed by atoms with Gasteiger partial charge in [-0.1, -0.05) is 12.1 Å². The Labute approximate surface area is 117 Å². The molecular weight excluding hydrogens is 256 g/mol. The summed E-state index contributed by atoms with van der Waals surface area (Å²) in [7, 11) is 2.99. The molecule has 0 saturated carbocycles. The fraction of sp³-hybridized carbons (Fsp3) is 0.188. The monoisotopic (exact) mass is 272 g/mol. The summed E-state index contributed by atoms with van der Waals surface area (Å²) in [4.78, 5) is 11.3. The molecule has 0 saturated heterocycles. The topological polar surface area (TPSA) is 44.8 Å². The Morgan fingerprint density at radius 3 is 2.05 bits per heavy atom. The van der Waals surface area contributed by atoms with Crippen molar-refractivity contribution in [2.45, 2.75) is 6.61 Å². The first-order valence-electron chi connectivity index (χ1n) is 6.17. The van der Waals surface area contributed by atoms with Gasteiger partial charge >= 0.3 is 5.97 Å². The largest absolute Gasteiger partial charge is 0.497 e. The number of benzene rings is 2.